The molecule has 47 valence electrons. The van der Waals surface area contributed by atoms with Crippen LogP contribution in [0.15, 0.2) is 0 Å². The normalized spacial score (nSPS) is 3.00. The van der Waals surface area contributed by atoms with Crippen molar-refractivity contribution in [3.05, 3.63) is 0 Å². The Morgan fingerprint density at radius 3 is 1.43 bits per heavy atom. The molecule has 1 N–H and O–H groups in total. The molecule has 0 heterocycles. The summed E-state index contributed by atoms with van der Waals surface area (Å²) >= 11 is 1.06. The van der Waals surface area contributed by atoms with Gasteiger partial charge in [0.25, 0.3) is 0 Å². The third-order valence-corrected chi connectivity index (χ3v) is 0. The Bertz CT molecular complexity index is 17.7. The summed E-state index contributed by atoms with van der Waals surface area (Å²) in [5.41, 5.74) is 0. The van der Waals surface area contributed by atoms with Gasteiger partial charge >= 0.3 is 21.0 Å². The van der Waals surface area contributed by atoms with Gasteiger partial charge in [0.1, 0.15) is 0 Å². The van der Waals surface area contributed by atoms with E-state index < -0.39 is 0 Å². The van der Waals surface area contributed by atoms with Crippen LogP contribution in [0, 0.1) is 0 Å². The summed E-state index contributed by atoms with van der Waals surface area (Å²) < 4.78 is 8.19. The molecule has 7 heavy (non-hydrogen) atoms. The van der Waals surface area contributed by atoms with Crippen LogP contribution in [0.25, 0.3) is 0 Å². The van der Waals surface area contributed by atoms with Gasteiger partial charge in [-0.3, -0.25) is 0 Å². The van der Waals surface area contributed by atoms with E-state index in [1.54, 1.807) is 6.92 Å². The first-order valence-electron chi connectivity index (χ1n) is 1.21. The zero-order valence-electron chi connectivity index (χ0n) is 3.83. The van der Waals surface area contributed by atoms with Gasteiger partial charge in [0.15, 0.2) is 0 Å². The summed E-state index contributed by atoms with van der Waals surface area (Å²) in [7, 11) is 0. The first-order valence-corrected chi connectivity index (χ1v) is 1.78. The van der Waals surface area contributed by atoms with Gasteiger partial charge in [-0.15, -0.1) is 34.0 Å². The molecule has 0 spiro atoms. The molecule has 0 aliphatic rings. The number of halogens is 2. The summed E-state index contributed by atoms with van der Waals surface area (Å²) in [5, 5.41) is 7.57. The number of hydrogen-bond acceptors (Lipinski definition) is 2. The first-order chi connectivity index (χ1) is 2.41. The van der Waals surface area contributed by atoms with Crippen molar-refractivity contribution in [2.24, 2.45) is 0 Å². The second-order valence-corrected chi connectivity index (χ2v) is 0.316. The van der Waals surface area contributed by atoms with E-state index in [-0.39, 0.29) is 40.6 Å². The average molecular weight is 275 g/mol. The zero-order valence-corrected chi connectivity index (χ0v) is 8.65. The van der Waals surface area contributed by atoms with E-state index in [1.807, 2.05) is 0 Å². The molecule has 0 fully saturated rings. The predicted molar refractivity (Wildman–Crippen MR) is 34.1 cm³/mol. The maximum atomic E-state index is 8.19. The van der Waals surface area contributed by atoms with Crippen molar-refractivity contribution >= 4 is 34.0 Å². The van der Waals surface area contributed by atoms with Gasteiger partial charge in [-0.1, -0.05) is 0 Å². The molecule has 0 aliphatic carbocycles. The van der Waals surface area contributed by atoms with Crippen molar-refractivity contribution in [3.8, 4) is 0 Å². The van der Waals surface area contributed by atoms with Crippen molar-refractivity contribution in [3.63, 3.8) is 0 Å². The fourth-order valence-corrected chi connectivity index (χ4v) is 0. The van der Waals surface area contributed by atoms with E-state index >= 15 is 0 Å². The second kappa shape index (κ2) is 54.7. The average Bonchev–Trinajstić information content (AvgIpc) is 1.46. The second-order valence-electron chi connectivity index (χ2n) is 0.316. The first kappa shape index (κ1) is 23.9. The van der Waals surface area contributed by atoms with Crippen LogP contribution in [0.2, 0.25) is 0 Å². The minimum atomic E-state index is 0. The van der Waals surface area contributed by atoms with Gasteiger partial charge in [-0.05, 0) is 6.92 Å². The molecule has 0 amide bonds. The van der Waals surface area contributed by atoms with Gasteiger partial charge in [-0.2, -0.15) is 0 Å². The molecular formula is C2H8Br2O2V. The summed E-state index contributed by atoms with van der Waals surface area (Å²) in [6.07, 6.45) is 0. The molecule has 0 bridgehead atoms. The Labute approximate surface area is 73.4 Å². The van der Waals surface area contributed by atoms with Gasteiger partial charge in [0.05, 0.1) is 0 Å². The monoisotopic (exact) mass is 273 g/mol. The third kappa shape index (κ3) is 121. The van der Waals surface area contributed by atoms with Crippen LogP contribution in [0.3, 0.4) is 0 Å². The third-order valence-electron chi connectivity index (χ3n) is 0. The van der Waals surface area contributed by atoms with Crippen molar-refractivity contribution in [2.75, 3.05) is 6.61 Å². The van der Waals surface area contributed by atoms with E-state index in [9.17, 15) is 0 Å². The van der Waals surface area contributed by atoms with Crippen molar-refractivity contribution in [1.82, 2.24) is 0 Å². The van der Waals surface area contributed by atoms with Gasteiger partial charge in [-0.25, -0.2) is 0 Å². The predicted octanol–water partition coefficient (Wildman–Crippen LogP) is 1.03. The molecule has 0 radical (unpaired) electrons. The van der Waals surface area contributed by atoms with E-state index in [1.165, 1.54) is 0 Å². The van der Waals surface area contributed by atoms with Crippen molar-refractivity contribution in [2.45, 2.75) is 6.92 Å². The summed E-state index contributed by atoms with van der Waals surface area (Å²) in [6, 6.07) is 0. The Kier molecular flexibility index (Phi) is 187. The summed E-state index contributed by atoms with van der Waals surface area (Å²) in [4.78, 5) is 0. The SMILES string of the molecule is Br.Br.CCO.[O]=[V]. The molecule has 0 rings (SSSR count). The van der Waals surface area contributed by atoms with Crippen molar-refractivity contribution in [1.29, 1.82) is 0 Å². The Balaban J connectivity index is -0.0000000105. The van der Waals surface area contributed by atoms with Crippen LogP contribution >= 0.6 is 34.0 Å². The molecule has 0 unspecified atom stereocenters. The molecule has 0 saturated heterocycles. The van der Waals surface area contributed by atoms with Crippen LogP contribution in [-0.4, -0.2) is 11.7 Å². The topological polar surface area (TPSA) is 37.3 Å². The molecule has 2 nitrogen and oxygen atoms in total. The fourth-order valence-electron chi connectivity index (χ4n) is 0. The van der Waals surface area contributed by atoms with Crippen LogP contribution < -0.4 is 0 Å². The van der Waals surface area contributed by atoms with Crippen LogP contribution in [0.1, 0.15) is 6.92 Å². The van der Waals surface area contributed by atoms with Crippen LogP contribution in [0.5, 0.6) is 0 Å². The van der Waals surface area contributed by atoms with Crippen LogP contribution in [-0.2, 0) is 21.0 Å². The number of aliphatic hydroxyl groups is 1. The van der Waals surface area contributed by atoms with Gasteiger partial charge in [0.2, 0.25) is 0 Å². The summed E-state index contributed by atoms with van der Waals surface area (Å²) in [6.45, 7) is 1.93. The van der Waals surface area contributed by atoms with E-state index in [0.717, 1.165) is 17.4 Å². The van der Waals surface area contributed by atoms with E-state index in [0.29, 0.717) is 0 Å². The van der Waals surface area contributed by atoms with Gasteiger partial charge in [0, 0.05) is 6.61 Å². The fraction of sp³-hybridized carbons (Fsp3) is 1.00. The Hall–Kier alpha value is 1.30. The molecule has 0 saturated carbocycles. The number of hydrogen-bond donors (Lipinski definition) is 1. The molecular weight excluding hydrogens is 267 g/mol. The zero-order chi connectivity index (χ0) is 4.71. The van der Waals surface area contributed by atoms with E-state index in [4.69, 9.17) is 8.78 Å². The molecule has 0 atom stereocenters. The molecule has 0 aromatic carbocycles. The summed E-state index contributed by atoms with van der Waals surface area (Å²) in [5.74, 6) is 0. The molecule has 0 aromatic heterocycles. The number of aliphatic hydroxyl groups excluding tert-OH is 1. The molecule has 5 heteroatoms. The Morgan fingerprint density at radius 2 is 1.43 bits per heavy atom. The van der Waals surface area contributed by atoms with Crippen molar-refractivity contribution < 1.29 is 26.1 Å². The van der Waals surface area contributed by atoms with E-state index in [2.05, 4.69) is 0 Å². The number of rotatable bonds is 0. The quantitative estimate of drug-likeness (QED) is 0.717. The Morgan fingerprint density at radius 1 is 1.43 bits per heavy atom. The maximum absolute atomic E-state index is 8.19. The molecule has 0 aliphatic heterocycles. The van der Waals surface area contributed by atoms with Crippen LogP contribution in [0.4, 0.5) is 0 Å². The standard InChI is InChI=1S/C2H6O.2BrH.O.V/c1-2-3;;;;/h3H,2H2,1H3;2*1H;;. The van der Waals surface area contributed by atoms with Gasteiger partial charge < -0.3 is 5.11 Å². The minimum absolute atomic E-state index is 0. The molecule has 0 aromatic rings.